The molecule has 0 radical (unpaired) electrons. The van der Waals surface area contributed by atoms with Crippen LogP contribution in [0.3, 0.4) is 0 Å². The van der Waals surface area contributed by atoms with Gasteiger partial charge >= 0.3 is 0 Å². The van der Waals surface area contributed by atoms with E-state index in [0.29, 0.717) is 0 Å². The first kappa shape index (κ1) is 11.5. The summed E-state index contributed by atoms with van der Waals surface area (Å²) in [7, 11) is 2.03. The van der Waals surface area contributed by atoms with Crippen LogP contribution in [0.1, 0.15) is 19.4 Å². The maximum atomic E-state index is 11.0. The fraction of sp³-hybridized carbons (Fsp3) is 0.308. The zero-order valence-corrected chi connectivity index (χ0v) is 10.3. The highest BCUT2D eigenvalue weighted by Crippen LogP contribution is 2.32. The topological polar surface area (TPSA) is 58.4 Å². The molecule has 1 heterocycles. The van der Waals surface area contributed by atoms with Crippen LogP contribution < -0.4 is 16.0 Å². The van der Waals surface area contributed by atoms with E-state index < -0.39 is 0 Å². The molecule has 0 fully saturated rings. The first-order valence-corrected chi connectivity index (χ1v) is 5.61. The molecule has 0 aromatic heterocycles. The maximum absolute atomic E-state index is 11.0. The molecular formula is C13H17N3O. The molecule has 1 aliphatic heterocycles. The minimum Gasteiger partial charge on any atom is -0.398 e. The van der Waals surface area contributed by atoms with Gasteiger partial charge in [-0.2, -0.15) is 0 Å². The first-order chi connectivity index (χ1) is 7.99. The molecule has 0 saturated carbocycles. The molecule has 90 valence electrons. The Labute approximate surface area is 101 Å². The highest BCUT2D eigenvalue weighted by atomic mass is 16.1. The fourth-order valence-electron chi connectivity index (χ4n) is 2.04. The average Bonchev–Trinajstić information content (AvgIpc) is 2.25. The van der Waals surface area contributed by atoms with Crippen molar-refractivity contribution < 1.29 is 4.79 Å². The number of carbonyl (C=O) groups excluding carboxylic acids is 1. The van der Waals surface area contributed by atoms with Gasteiger partial charge in [0.2, 0.25) is 5.91 Å². The molecular weight excluding hydrogens is 214 g/mol. The molecule has 1 atom stereocenters. The second kappa shape index (κ2) is 4.13. The number of nitrogens with one attached hydrogen (secondary N) is 1. The number of hydrogen-bond acceptors (Lipinski definition) is 3. The Balaban J connectivity index is 2.44. The van der Waals surface area contributed by atoms with Gasteiger partial charge in [0.1, 0.15) is 0 Å². The van der Waals surface area contributed by atoms with Gasteiger partial charge in [0.25, 0.3) is 0 Å². The van der Waals surface area contributed by atoms with Crippen LogP contribution in [0.4, 0.5) is 11.4 Å². The lowest BCUT2D eigenvalue weighted by Gasteiger charge is -2.32. The Morgan fingerprint density at radius 1 is 1.47 bits per heavy atom. The van der Waals surface area contributed by atoms with Crippen molar-refractivity contribution in [2.75, 3.05) is 17.3 Å². The number of anilines is 2. The van der Waals surface area contributed by atoms with Crippen LogP contribution >= 0.6 is 0 Å². The number of fused-ring (bicyclic) bond motifs is 1. The summed E-state index contributed by atoms with van der Waals surface area (Å²) in [6.45, 7) is 3.59. The third-order valence-electron chi connectivity index (χ3n) is 3.04. The van der Waals surface area contributed by atoms with Crippen molar-refractivity contribution in [3.8, 4) is 0 Å². The summed E-state index contributed by atoms with van der Waals surface area (Å²) in [6.07, 6.45) is 2.01. The van der Waals surface area contributed by atoms with E-state index in [-0.39, 0.29) is 11.9 Å². The monoisotopic (exact) mass is 231 g/mol. The molecule has 4 heteroatoms. The van der Waals surface area contributed by atoms with Gasteiger partial charge in [-0.3, -0.25) is 4.79 Å². The van der Waals surface area contributed by atoms with Crippen molar-refractivity contribution in [1.29, 1.82) is 0 Å². The van der Waals surface area contributed by atoms with E-state index in [0.717, 1.165) is 22.6 Å². The van der Waals surface area contributed by atoms with Gasteiger partial charge in [-0.15, -0.1) is 0 Å². The Bertz CT molecular complexity index is 493. The summed E-state index contributed by atoms with van der Waals surface area (Å²) in [5, 5.41) is 2.76. The van der Waals surface area contributed by atoms with Crippen molar-refractivity contribution in [3.63, 3.8) is 0 Å². The lowest BCUT2D eigenvalue weighted by Crippen LogP contribution is -2.32. The van der Waals surface area contributed by atoms with Crippen LogP contribution in [0.25, 0.3) is 5.70 Å². The lowest BCUT2D eigenvalue weighted by atomic mass is 10.0. The van der Waals surface area contributed by atoms with E-state index in [1.165, 1.54) is 6.92 Å². The van der Waals surface area contributed by atoms with Crippen LogP contribution in [-0.4, -0.2) is 19.0 Å². The number of rotatable bonds is 1. The maximum Gasteiger partial charge on any atom is 0.221 e. The number of benzene rings is 1. The van der Waals surface area contributed by atoms with Gasteiger partial charge in [-0.05, 0) is 31.2 Å². The second-order valence-corrected chi connectivity index (χ2v) is 4.39. The summed E-state index contributed by atoms with van der Waals surface area (Å²) in [5.74, 6) is -0.0787. The van der Waals surface area contributed by atoms with Gasteiger partial charge in [0.05, 0.1) is 0 Å². The van der Waals surface area contributed by atoms with Crippen molar-refractivity contribution in [2.24, 2.45) is 5.73 Å². The molecule has 1 aliphatic rings. The zero-order valence-electron chi connectivity index (χ0n) is 10.3. The molecule has 1 aromatic carbocycles. The third-order valence-corrected chi connectivity index (χ3v) is 3.04. The molecule has 0 saturated heterocycles. The molecule has 2 rings (SSSR count). The number of amides is 1. The Hall–Kier alpha value is -1.97. The molecule has 1 amide bonds. The summed E-state index contributed by atoms with van der Waals surface area (Å²) >= 11 is 0. The van der Waals surface area contributed by atoms with Crippen LogP contribution in [0.5, 0.6) is 0 Å². The number of nitrogens with zero attached hydrogens (tertiary/aromatic N) is 1. The molecule has 0 spiro atoms. The largest absolute Gasteiger partial charge is 0.398 e. The molecule has 1 unspecified atom stereocenters. The Morgan fingerprint density at radius 2 is 2.18 bits per heavy atom. The van der Waals surface area contributed by atoms with E-state index in [1.54, 1.807) is 0 Å². The summed E-state index contributed by atoms with van der Waals surface area (Å²) in [6, 6.07) is 6.07. The number of hydrogen-bond donors (Lipinski definition) is 2. The third kappa shape index (κ3) is 2.11. The lowest BCUT2D eigenvalue weighted by molar-refractivity contribution is -0.114. The molecule has 0 bridgehead atoms. The standard InChI is InChI=1S/C13H17N3O/c1-8-6-12(14)11-7-10(15-9(2)17)4-5-13(11)16(8)3/h4-8H,14H2,1-3H3,(H,15,17). The van der Waals surface area contributed by atoms with Crippen LogP contribution in [-0.2, 0) is 4.79 Å². The number of nitrogens with two attached hydrogens (primary N) is 1. The Morgan fingerprint density at radius 3 is 2.82 bits per heavy atom. The predicted octanol–water partition coefficient (Wildman–Crippen LogP) is 1.78. The van der Waals surface area contributed by atoms with Gasteiger partial charge < -0.3 is 16.0 Å². The number of likely N-dealkylation sites (N-methyl/N-ethyl adjacent to an activating group) is 1. The molecule has 4 nitrogen and oxygen atoms in total. The van der Waals surface area contributed by atoms with Gasteiger partial charge in [-0.1, -0.05) is 0 Å². The first-order valence-electron chi connectivity index (χ1n) is 5.61. The second-order valence-electron chi connectivity index (χ2n) is 4.39. The average molecular weight is 231 g/mol. The van der Waals surface area contributed by atoms with E-state index in [4.69, 9.17) is 5.73 Å². The van der Waals surface area contributed by atoms with E-state index in [1.807, 2.05) is 31.3 Å². The van der Waals surface area contributed by atoms with Crippen molar-refractivity contribution in [2.45, 2.75) is 19.9 Å². The minimum absolute atomic E-state index is 0.0787. The van der Waals surface area contributed by atoms with Crippen LogP contribution in [0.2, 0.25) is 0 Å². The van der Waals surface area contributed by atoms with Gasteiger partial charge in [0, 0.05) is 42.6 Å². The summed E-state index contributed by atoms with van der Waals surface area (Å²) < 4.78 is 0. The summed E-state index contributed by atoms with van der Waals surface area (Å²) in [4.78, 5) is 13.2. The van der Waals surface area contributed by atoms with Gasteiger partial charge in [-0.25, -0.2) is 0 Å². The van der Waals surface area contributed by atoms with E-state index >= 15 is 0 Å². The SMILES string of the molecule is CC(=O)Nc1ccc2c(c1)C(N)=CC(C)N2C. The quantitative estimate of drug-likeness (QED) is 0.774. The van der Waals surface area contributed by atoms with Crippen molar-refractivity contribution >= 4 is 23.0 Å². The summed E-state index contributed by atoms with van der Waals surface area (Å²) in [5.41, 5.74) is 9.61. The number of carbonyl (C=O) groups is 1. The smallest absolute Gasteiger partial charge is 0.221 e. The zero-order chi connectivity index (χ0) is 12.6. The van der Waals surface area contributed by atoms with E-state index in [9.17, 15) is 4.79 Å². The van der Waals surface area contributed by atoms with E-state index in [2.05, 4.69) is 17.1 Å². The molecule has 3 N–H and O–H groups in total. The normalized spacial score (nSPS) is 18.4. The predicted molar refractivity (Wildman–Crippen MR) is 70.8 cm³/mol. The molecule has 0 aliphatic carbocycles. The Kier molecular flexibility index (Phi) is 2.79. The highest BCUT2D eigenvalue weighted by Gasteiger charge is 2.19. The van der Waals surface area contributed by atoms with Crippen LogP contribution in [0, 0.1) is 0 Å². The minimum atomic E-state index is -0.0787. The fourth-order valence-corrected chi connectivity index (χ4v) is 2.04. The van der Waals surface area contributed by atoms with Crippen molar-refractivity contribution in [3.05, 3.63) is 29.8 Å². The molecule has 17 heavy (non-hydrogen) atoms. The van der Waals surface area contributed by atoms with Crippen molar-refractivity contribution in [1.82, 2.24) is 0 Å². The van der Waals surface area contributed by atoms with Crippen LogP contribution in [0.15, 0.2) is 24.3 Å². The molecule has 1 aromatic rings. The van der Waals surface area contributed by atoms with Gasteiger partial charge in [0.15, 0.2) is 0 Å². The highest BCUT2D eigenvalue weighted by molar-refractivity contribution is 5.91.